The topological polar surface area (TPSA) is 59.4 Å². The number of rotatable bonds is 3. The SMILES string of the molecule is Cc1cc(C)n(CC2CN(C(=O)C3CCNC3)CCO2)n1. The monoisotopic (exact) mass is 292 g/mol. The summed E-state index contributed by atoms with van der Waals surface area (Å²) in [6, 6.07) is 2.07. The Labute approximate surface area is 125 Å². The minimum Gasteiger partial charge on any atom is -0.373 e. The molecule has 2 aliphatic heterocycles. The van der Waals surface area contributed by atoms with Crippen molar-refractivity contribution in [2.45, 2.75) is 32.9 Å². The zero-order chi connectivity index (χ0) is 14.8. The van der Waals surface area contributed by atoms with E-state index < -0.39 is 0 Å². The van der Waals surface area contributed by atoms with E-state index in [0.29, 0.717) is 26.2 Å². The van der Waals surface area contributed by atoms with Gasteiger partial charge in [0.25, 0.3) is 0 Å². The van der Waals surface area contributed by atoms with Crippen LogP contribution in [0.2, 0.25) is 0 Å². The van der Waals surface area contributed by atoms with Gasteiger partial charge in [0.1, 0.15) is 0 Å². The molecule has 0 bridgehead atoms. The van der Waals surface area contributed by atoms with E-state index >= 15 is 0 Å². The highest BCUT2D eigenvalue weighted by atomic mass is 16.5. The molecule has 2 unspecified atom stereocenters. The Morgan fingerprint density at radius 2 is 2.38 bits per heavy atom. The number of nitrogens with zero attached hydrogens (tertiary/aromatic N) is 3. The maximum Gasteiger partial charge on any atom is 0.227 e. The largest absolute Gasteiger partial charge is 0.373 e. The highest BCUT2D eigenvalue weighted by molar-refractivity contribution is 5.79. The summed E-state index contributed by atoms with van der Waals surface area (Å²) in [5, 5.41) is 7.74. The third-order valence-electron chi connectivity index (χ3n) is 4.34. The molecule has 0 aromatic carbocycles. The van der Waals surface area contributed by atoms with Crippen molar-refractivity contribution in [1.29, 1.82) is 0 Å². The predicted molar refractivity (Wildman–Crippen MR) is 79.0 cm³/mol. The molecule has 2 saturated heterocycles. The quantitative estimate of drug-likeness (QED) is 0.872. The van der Waals surface area contributed by atoms with Crippen LogP contribution in [0.4, 0.5) is 0 Å². The average molecular weight is 292 g/mol. The molecule has 2 atom stereocenters. The van der Waals surface area contributed by atoms with Crippen LogP contribution in [0, 0.1) is 19.8 Å². The van der Waals surface area contributed by atoms with Crippen molar-refractivity contribution in [2.75, 3.05) is 32.8 Å². The van der Waals surface area contributed by atoms with E-state index in [4.69, 9.17) is 4.74 Å². The molecule has 0 spiro atoms. The van der Waals surface area contributed by atoms with E-state index in [-0.39, 0.29) is 17.9 Å². The molecule has 0 saturated carbocycles. The standard InChI is InChI=1S/C15H24N4O2/c1-11-7-12(2)19(17-11)10-14-9-18(5-6-21-14)15(20)13-3-4-16-8-13/h7,13-14,16H,3-6,8-10H2,1-2H3. The number of morpholine rings is 1. The number of carbonyl (C=O) groups excluding carboxylic acids is 1. The van der Waals surface area contributed by atoms with Gasteiger partial charge in [-0.2, -0.15) is 5.10 Å². The summed E-state index contributed by atoms with van der Waals surface area (Å²) < 4.78 is 7.80. The molecule has 1 aromatic heterocycles. The molecule has 1 amide bonds. The number of aryl methyl sites for hydroxylation is 2. The van der Waals surface area contributed by atoms with E-state index in [0.717, 1.165) is 30.9 Å². The van der Waals surface area contributed by atoms with Gasteiger partial charge >= 0.3 is 0 Å². The van der Waals surface area contributed by atoms with Crippen LogP contribution < -0.4 is 5.32 Å². The Kier molecular flexibility index (Phi) is 4.26. The van der Waals surface area contributed by atoms with Crippen molar-refractivity contribution in [3.05, 3.63) is 17.5 Å². The first-order chi connectivity index (χ1) is 10.1. The average Bonchev–Trinajstić information content (AvgIpc) is 3.09. The van der Waals surface area contributed by atoms with E-state index in [2.05, 4.69) is 23.4 Å². The Morgan fingerprint density at radius 1 is 1.52 bits per heavy atom. The lowest BCUT2D eigenvalue weighted by Gasteiger charge is -2.34. The first-order valence-corrected chi connectivity index (χ1v) is 7.75. The number of ether oxygens (including phenoxy) is 1. The molecule has 0 radical (unpaired) electrons. The molecule has 116 valence electrons. The van der Waals surface area contributed by atoms with Crippen molar-refractivity contribution in [1.82, 2.24) is 20.0 Å². The first-order valence-electron chi connectivity index (χ1n) is 7.75. The molecule has 6 nitrogen and oxygen atoms in total. The molecule has 0 aliphatic carbocycles. The highest BCUT2D eigenvalue weighted by Gasteiger charge is 2.31. The van der Waals surface area contributed by atoms with Gasteiger partial charge in [-0.05, 0) is 32.9 Å². The summed E-state index contributed by atoms with van der Waals surface area (Å²) >= 11 is 0. The van der Waals surface area contributed by atoms with E-state index in [1.165, 1.54) is 0 Å². The molecule has 3 heterocycles. The zero-order valence-electron chi connectivity index (χ0n) is 12.8. The fourth-order valence-corrected chi connectivity index (χ4v) is 3.21. The van der Waals surface area contributed by atoms with Gasteiger partial charge in [-0.15, -0.1) is 0 Å². The van der Waals surface area contributed by atoms with Gasteiger partial charge in [0.2, 0.25) is 5.91 Å². The van der Waals surface area contributed by atoms with Crippen LogP contribution in [0.1, 0.15) is 17.8 Å². The summed E-state index contributed by atoms with van der Waals surface area (Å²) in [4.78, 5) is 14.4. The summed E-state index contributed by atoms with van der Waals surface area (Å²) in [6.45, 7) is 8.54. The summed E-state index contributed by atoms with van der Waals surface area (Å²) in [6.07, 6.45) is 0.994. The normalized spacial score (nSPS) is 26.3. The van der Waals surface area contributed by atoms with Gasteiger partial charge in [-0.3, -0.25) is 9.48 Å². The van der Waals surface area contributed by atoms with Crippen LogP contribution in [0.3, 0.4) is 0 Å². The van der Waals surface area contributed by atoms with Gasteiger partial charge in [-0.25, -0.2) is 0 Å². The van der Waals surface area contributed by atoms with Crippen LogP contribution in [0.5, 0.6) is 0 Å². The van der Waals surface area contributed by atoms with E-state index in [1.807, 2.05) is 16.5 Å². The molecule has 2 aliphatic rings. The summed E-state index contributed by atoms with van der Waals surface area (Å²) in [5.74, 6) is 0.430. The van der Waals surface area contributed by atoms with Gasteiger partial charge in [0, 0.05) is 25.3 Å². The smallest absolute Gasteiger partial charge is 0.227 e. The maximum atomic E-state index is 12.5. The molecule has 21 heavy (non-hydrogen) atoms. The lowest BCUT2D eigenvalue weighted by Crippen LogP contribution is -2.49. The molecule has 1 N–H and O–H groups in total. The second-order valence-electron chi connectivity index (χ2n) is 6.08. The number of aromatic nitrogens is 2. The predicted octanol–water partition coefficient (Wildman–Crippen LogP) is 0.337. The van der Waals surface area contributed by atoms with Crippen molar-refractivity contribution in [3.63, 3.8) is 0 Å². The Bertz CT molecular complexity index is 508. The number of amides is 1. The number of nitrogens with one attached hydrogen (secondary N) is 1. The van der Waals surface area contributed by atoms with E-state index in [1.54, 1.807) is 0 Å². The Balaban J connectivity index is 1.60. The summed E-state index contributed by atoms with van der Waals surface area (Å²) in [7, 11) is 0. The lowest BCUT2D eigenvalue weighted by atomic mass is 10.1. The van der Waals surface area contributed by atoms with Gasteiger partial charge in [0.05, 0.1) is 30.9 Å². The van der Waals surface area contributed by atoms with E-state index in [9.17, 15) is 4.79 Å². The van der Waals surface area contributed by atoms with Crippen molar-refractivity contribution >= 4 is 5.91 Å². The molecular weight excluding hydrogens is 268 g/mol. The molecule has 1 aromatic rings. The Morgan fingerprint density at radius 3 is 3.05 bits per heavy atom. The van der Waals surface area contributed by atoms with Crippen molar-refractivity contribution < 1.29 is 9.53 Å². The second-order valence-corrected chi connectivity index (χ2v) is 6.08. The molecule has 3 rings (SSSR count). The van der Waals surface area contributed by atoms with Crippen molar-refractivity contribution in [2.24, 2.45) is 5.92 Å². The second kappa shape index (κ2) is 6.15. The van der Waals surface area contributed by atoms with Crippen LogP contribution in [-0.2, 0) is 16.1 Å². The number of hydrogen-bond acceptors (Lipinski definition) is 4. The summed E-state index contributed by atoms with van der Waals surface area (Å²) in [5.41, 5.74) is 2.16. The highest BCUT2D eigenvalue weighted by Crippen LogP contribution is 2.16. The van der Waals surface area contributed by atoms with Crippen LogP contribution in [-0.4, -0.2) is 59.5 Å². The van der Waals surface area contributed by atoms with Crippen LogP contribution >= 0.6 is 0 Å². The Hall–Kier alpha value is -1.40. The minimum atomic E-state index is 0.0371. The molecular formula is C15H24N4O2. The van der Waals surface area contributed by atoms with Crippen molar-refractivity contribution in [3.8, 4) is 0 Å². The van der Waals surface area contributed by atoms with Crippen LogP contribution in [0.15, 0.2) is 6.07 Å². The fourth-order valence-electron chi connectivity index (χ4n) is 3.21. The third-order valence-corrected chi connectivity index (χ3v) is 4.34. The first kappa shape index (κ1) is 14.5. The van der Waals surface area contributed by atoms with Crippen LogP contribution in [0.25, 0.3) is 0 Å². The molecule has 2 fully saturated rings. The molecule has 6 heteroatoms. The third kappa shape index (κ3) is 3.27. The number of carbonyl (C=O) groups is 1. The lowest BCUT2D eigenvalue weighted by molar-refractivity contribution is -0.143. The number of hydrogen-bond donors (Lipinski definition) is 1. The maximum absolute atomic E-state index is 12.5. The minimum absolute atomic E-state index is 0.0371. The zero-order valence-corrected chi connectivity index (χ0v) is 12.8. The van der Waals surface area contributed by atoms with Gasteiger partial charge in [-0.1, -0.05) is 0 Å². The fraction of sp³-hybridized carbons (Fsp3) is 0.733. The van der Waals surface area contributed by atoms with Gasteiger partial charge in [0.15, 0.2) is 0 Å². The van der Waals surface area contributed by atoms with Gasteiger partial charge < -0.3 is 15.0 Å².